The lowest BCUT2D eigenvalue weighted by Gasteiger charge is -2.18. The first-order valence-electron chi connectivity index (χ1n) is 9.08. The molecule has 5 heteroatoms. The number of carbonyl (C=O) groups is 2. The van der Waals surface area contributed by atoms with Crippen LogP contribution in [0.2, 0.25) is 0 Å². The number of Topliss-reactive ketones (excluding diaryl/α,β-unsaturated/α-hetero) is 1. The smallest absolute Gasteiger partial charge is 0.279 e. The third-order valence-corrected chi connectivity index (χ3v) is 4.58. The Kier molecular flexibility index (Phi) is 6.75. The van der Waals surface area contributed by atoms with Crippen LogP contribution in [0, 0.1) is 20.8 Å². The van der Waals surface area contributed by atoms with Crippen LogP contribution in [0.4, 0.5) is 5.69 Å². The molecule has 2 aromatic rings. The zero-order chi connectivity index (χ0) is 20.1. The van der Waals surface area contributed by atoms with Crippen LogP contribution >= 0.6 is 0 Å². The van der Waals surface area contributed by atoms with Crippen molar-refractivity contribution >= 4 is 17.4 Å². The van der Waals surface area contributed by atoms with E-state index in [1.54, 1.807) is 26.2 Å². The van der Waals surface area contributed by atoms with Crippen molar-refractivity contribution in [3.63, 3.8) is 0 Å². The largest absolute Gasteiger partial charge is 0.496 e. The first-order valence-corrected chi connectivity index (χ1v) is 9.08. The summed E-state index contributed by atoms with van der Waals surface area (Å²) in [4.78, 5) is 25.2. The fourth-order valence-electron chi connectivity index (χ4n) is 3.36. The van der Waals surface area contributed by atoms with Crippen LogP contribution in [-0.4, -0.2) is 32.4 Å². The van der Waals surface area contributed by atoms with Crippen LogP contribution in [0.5, 0.6) is 5.75 Å². The summed E-state index contributed by atoms with van der Waals surface area (Å²) in [5, 5.41) is 3.04. The van der Waals surface area contributed by atoms with Gasteiger partial charge in [-0.3, -0.25) is 9.59 Å². The van der Waals surface area contributed by atoms with E-state index in [1.807, 2.05) is 33.9 Å². The topological polar surface area (TPSA) is 59.8 Å². The lowest BCUT2D eigenvalue weighted by atomic mass is 10.1. The molecule has 1 amide bonds. The van der Waals surface area contributed by atoms with E-state index < -0.39 is 0 Å². The highest BCUT2D eigenvalue weighted by Gasteiger charge is 2.16. The van der Waals surface area contributed by atoms with Crippen LogP contribution < -0.4 is 15.0 Å². The number of carbonyl (C=O) groups excluding carboxylic acids is 2. The molecular formula is C22H29N2O3+. The van der Waals surface area contributed by atoms with Gasteiger partial charge in [0.1, 0.15) is 12.3 Å². The van der Waals surface area contributed by atoms with Crippen LogP contribution in [0.3, 0.4) is 0 Å². The average molecular weight is 369 g/mol. The summed E-state index contributed by atoms with van der Waals surface area (Å²) >= 11 is 0. The number of likely N-dealkylation sites (N-methyl/N-ethyl adjacent to an activating group) is 1. The second-order valence-corrected chi connectivity index (χ2v) is 7.22. The molecule has 0 saturated heterocycles. The van der Waals surface area contributed by atoms with Crippen molar-refractivity contribution in [3.8, 4) is 5.75 Å². The van der Waals surface area contributed by atoms with E-state index in [1.165, 1.54) is 5.56 Å². The van der Waals surface area contributed by atoms with Crippen molar-refractivity contribution in [1.29, 1.82) is 0 Å². The Bertz CT molecular complexity index is 836. The Morgan fingerprint density at radius 2 is 1.70 bits per heavy atom. The minimum Gasteiger partial charge on any atom is -0.496 e. The molecule has 2 N–H and O–H groups in total. The number of ether oxygens (including phenoxy) is 1. The maximum atomic E-state index is 12.5. The van der Waals surface area contributed by atoms with Gasteiger partial charge < -0.3 is 15.0 Å². The molecule has 0 aliphatic carbocycles. The van der Waals surface area contributed by atoms with E-state index >= 15 is 0 Å². The quantitative estimate of drug-likeness (QED) is 0.737. The van der Waals surface area contributed by atoms with Crippen molar-refractivity contribution in [1.82, 2.24) is 0 Å². The van der Waals surface area contributed by atoms with E-state index in [0.29, 0.717) is 18.7 Å². The summed E-state index contributed by atoms with van der Waals surface area (Å²) in [6, 6.07) is 9.54. The van der Waals surface area contributed by atoms with Gasteiger partial charge in [0.05, 0.1) is 14.2 Å². The van der Waals surface area contributed by atoms with Gasteiger partial charge in [0.15, 0.2) is 12.3 Å². The Hall–Kier alpha value is -2.66. The fourth-order valence-corrected chi connectivity index (χ4v) is 3.36. The predicted octanol–water partition coefficient (Wildman–Crippen LogP) is 2.48. The predicted molar refractivity (Wildman–Crippen MR) is 108 cm³/mol. The number of quaternary nitrogens is 1. The van der Waals surface area contributed by atoms with Crippen molar-refractivity contribution in [2.24, 2.45) is 0 Å². The van der Waals surface area contributed by atoms with E-state index in [2.05, 4.69) is 17.4 Å². The Morgan fingerprint density at radius 1 is 1.07 bits per heavy atom. The van der Waals surface area contributed by atoms with Gasteiger partial charge in [0, 0.05) is 16.8 Å². The summed E-state index contributed by atoms with van der Waals surface area (Å²) in [6.45, 7) is 8.51. The number of rotatable bonds is 7. The van der Waals surface area contributed by atoms with Gasteiger partial charge in [-0.05, 0) is 57.0 Å². The number of anilines is 1. The SMILES string of the molecule is COc1ccc(C(C)=O)cc1C[NH+](C)CC(=O)Nc1c(C)cc(C)cc1C. The maximum absolute atomic E-state index is 12.5. The molecule has 2 rings (SSSR count). The number of methoxy groups -OCH3 is 1. The van der Waals surface area contributed by atoms with Gasteiger partial charge in [-0.2, -0.15) is 0 Å². The Labute approximate surface area is 161 Å². The molecule has 0 fully saturated rings. The fraction of sp³-hybridized carbons (Fsp3) is 0.364. The number of benzene rings is 2. The molecule has 0 heterocycles. The van der Waals surface area contributed by atoms with Gasteiger partial charge in [-0.1, -0.05) is 17.7 Å². The highest BCUT2D eigenvalue weighted by atomic mass is 16.5. The second-order valence-electron chi connectivity index (χ2n) is 7.22. The maximum Gasteiger partial charge on any atom is 0.279 e. The lowest BCUT2D eigenvalue weighted by Crippen LogP contribution is -3.08. The number of nitrogens with one attached hydrogen (secondary N) is 2. The molecular weight excluding hydrogens is 340 g/mol. The summed E-state index contributed by atoms with van der Waals surface area (Å²) in [5.41, 5.74) is 5.76. The van der Waals surface area contributed by atoms with Crippen molar-refractivity contribution < 1.29 is 19.2 Å². The molecule has 144 valence electrons. The minimum absolute atomic E-state index is 0.0135. The standard InChI is InChI=1S/C22H28N2O3/c1-14-9-15(2)22(16(3)10-14)23-21(26)13-24(5)12-19-11-18(17(4)25)7-8-20(19)27-6/h7-11H,12-13H2,1-6H3,(H,23,26)/p+1. The number of amides is 1. The molecule has 27 heavy (non-hydrogen) atoms. The van der Waals surface area contributed by atoms with Crippen LogP contribution in [0.25, 0.3) is 0 Å². The second kappa shape index (κ2) is 8.82. The highest BCUT2D eigenvalue weighted by molar-refractivity contribution is 5.94. The lowest BCUT2D eigenvalue weighted by molar-refractivity contribution is -0.885. The van der Waals surface area contributed by atoms with Crippen molar-refractivity contribution in [3.05, 3.63) is 58.1 Å². The Morgan fingerprint density at radius 3 is 2.26 bits per heavy atom. The average Bonchev–Trinajstić information content (AvgIpc) is 2.57. The number of ketones is 1. The van der Waals surface area contributed by atoms with Crippen LogP contribution in [-0.2, 0) is 11.3 Å². The molecule has 0 bridgehead atoms. The molecule has 0 radical (unpaired) electrons. The molecule has 5 nitrogen and oxygen atoms in total. The van der Waals surface area contributed by atoms with Gasteiger partial charge in [-0.25, -0.2) is 0 Å². The normalized spacial score (nSPS) is 11.8. The summed E-state index contributed by atoms with van der Waals surface area (Å²) in [5.74, 6) is 0.703. The monoisotopic (exact) mass is 369 g/mol. The number of hydrogen-bond acceptors (Lipinski definition) is 3. The van der Waals surface area contributed by atoms with E-state index in [4.69, 9.17) is 4.74 Å². The summed E-state index contributed by atoms with van der Waals surface area (Å²) in [7, 11) is 3.56. The molecule has 0 aromatic heterocycles. The van der Waals surface area contributed by atoms with Gasteiger partial charge in [0.25, 0.3) is 5.91 Å². The molecule has 0 saturated carbocycles. The Balaban J connectivity index is 2.07. The zero-order valence-corrected chi connectivity index (χ0v) is 17.0. The van der Waals surface area contributed by atoms with Crippen molar-refractivity contribution in [2.75, 3.05) is 26.0 Å². The summed E-state index contributed by atoms with van der Waals surface area (Å²) in [6.07, 6.45) is 0. The first-order chi connectivity index (χ1) is 12.7. The van der Waals surface area contributed by atoms with Gasteiger partial charge in [0.2, 0.25) is 0 Å². The first kappa shape index (κ1) is 20.6. The summed E-state index contributed by atoms with van der Waals surface area (Å²) < 4.78 is 5.40. The van der Waals surface area contributed by atoms with Gasteiger partial charge >= 0.3 is 0 Å². The van der Waals surface area contributed by atoms with Gasteiger partial charge in [-0.15, -0.1) is 0 Å². The third-order valence-electron chi connectivity index (χ3n) is 4.58. The van der Waals surface area contributed by atoms with E-state index in [0.717, 1.165) is 33.0 Å². The molecule has 2 aromatic carbocycles. The number of hydrogen-bond donors (Lipinski definition) is 2. The van der Waals surface area contributed by atoms with E-state index in [9.17, 15) is 9.59 Å². The van der Waals surface area contributed by atoms with Crippen LogP contribution in [0.1, 0.15) is 39.5 Å². The minimum atomic E-state index is -0.0377. The molecule has 1 atom stereocenters. The van der Waals surface area contributed by atoms with Crippen LogP contribution in [0.15, 0.2) is 30.3 Å². The number of aryl methyl sites for hydroxylation is 3. The van der Waals surface area contributed by atoms with E-state index in [-0.39, 0.29) is 11.7 Å². The van der Waals surface area contributed by atoms with Crippen molar-refractivity contribution in [2.45, 2.75) is 34.2 Å². The third kappa shape index (κ3) is 5.41. The molecule has 0 aliphatic rings. The molecule has 0 spiro atoms. The highest BCUT2D eigenvalue weighted by Crippen LogP contribution is 2.22. The molecule has 0 aliphatic heterocycles. The zero-order valence-electron chi connectivity index (χ0n) is 17.0. The molecule has 1 unspecified atom stereocenters.